The van der Waals surface area contributed by atoms with Crippen molar-refractivity contribution in [2.24, 2.45) is 0 Å². The van der Waals surface area contributed by atoms with Gasteiger partial charge in [-0.3, -0.25) is 0 Å². The second kappa shape index (κ2) is 8.10. The molecule has 0 unspecified atom stereocenters. The van der Waals surface area contributed by atoms with E-state index in [1.807, 2.05) is 32.1 Å². The molecule has 1 aliphatic heterocycles. The molecule has 0 aliphatic carbocycles. The Morgan fingerprint density at radius 1 is 1.26 bits per heavy atom. The Hall–Kier alpha value is -1.74. The fourth-order valence-corrected chi connectivity index (χ4v) is 4.96. The molecule has 7 nitrogen and oxygen atoms in total. The number of aromatic nitrogens is 2. The number of halogens is 1. The average Bonchev–Trinajstić information content (AvgIpc) is 3.13. The first kappa shape index (κ1) is 20.0. The van der Waals surface area contributed by atoms with Crippen LogP contribution in [0, 0.1) is 0 Å². The third-order valence-electron chi connectivity index (χ3n) is 4.52. The summed E-state index contributed by atoms with van der Waals surface area (Å²) < 4.78 is 27.8. The molecule has 2 aromatic rings. The molecule has 1 saturated heterocycles. The van der Waals surface area contributed by atoms with Crippen molar-refractivity contribution in [3.8, 4) is 0 Å². The Morgan fingerprint density at radius 3 is 2.59 bits per heavy atom. The Bertz CT molecular complexity index is 902. The van der Waals surface area contributed by atoms with Crippen molar-refractivity contribution in [1.82, 2.24) is 19.6 Å². The molecule has 9 heteroatoms. The minimum Gasteiger partial charge on any atom is -0.363 e. The Morgan fingerprint density at radius 2 is 1.96 bits per heavy atom. The van der Waals surface area contributed by atoms with Crippen LogP contribution in [0.1, 0.15) is 30.4 Å². The minimum absolute atomic E-state index is 0.234. The number of nitrogens with zero attached hydrogens (tertiary/aromatic N) is 4. The molecule has 2 heterocycles. The Balaban J connectivity index is 2.00. The summed E-state index contributed by atoms with van der Waals surface area (Å²) in [4.78, 5) is 11.4. The van der Waals surface area contributed by atoms with E-state index >= 15 is 0 Å². The van der Waals surface area contributed by atoms with Gasteiger partial charge in [0.25, 0.3) is 0 Å². The molecule has 1 aliphatic rings. The van der Waals surface area contributed by atoms with Crippen LogP contribution in [0.4, 0.5) is 5.82 Å². The van der Waals surface area contributed by atoms with Crippen molar-refractivity contribution in [1.29, 1.82) is 0 Å². The first-order chi connectivity index (χ1) is 12.8. The molecule has 1 aromatic heterocycles. The van der Waals surface area contributed by atoms with Crippen molar-refractivity contribution in [3.05, 3.63) is 46.9 Å². The fraction of sp³-hybridized carbons (Fsp3) is 0.444. The molecular formula is C18H24ClN5O2S. The molecule has 1 aromatic carbocycles. The fourth-order valence-electron chi connectivity index (χ4n) is 3.18. The summed E-state index contributed by atoms with van der Waals surface area (Å²) in [6.07, 6.45) is 1.47. The molecular weight excluding hydrogens is 386 g/mol. The van der Waals surface area contributed by atoms with Gasteiger partial charge in [0, 0.05) is 38.3 Å². The average molecular weight is 410 g/mol. The highest BCUT2D eigenvalue weighted by Gasteiger charge is 2.38. The van der Waals surface area contributed by atoms with Gasteiger partial charge in [-0.15, -0.1) is 0 Å². The summed E-state index contributed by atoms with van der Waals surface area (Å²) in [6.45, 7) is 1.04. The highest BCUT2D eigenvalue weighted by molar-refractivity contribution is 7.89. The van der Waals surface area contributed by atoms with Gasteiger partial charge >= 0.3 is 0 Å². The maximum absolute atomic E-state index is 13.2. The molecule has 1 fully saturated rings. The predicted octanol–water partition coefficient (Wildman–Crippen LogP) is 2.44. The van der Waals surface area contributed by atoms with Gasteiger partial charge in [0.15, 0.2) is 0 Å². The summed E-state index contributed by atoms with van der Waals surface area (Å²) in [5.74, 6) is 1.31. The van der Waals surface area contributed by atoms with Crippen molar-refractivity contribution in [2.45, 2.75) is 30.3 Å². The van der Waals surface area contributed by atoms with Gasteiger partial charge in [-0.1, -0.05) is 11.6 Å². The summed E-state index contributed by atoms with van der Waals surface area (Å²) >= 11 is 5.90. The smallest absolute Gasteiger partial charge is 0.243 e. The van der Waals surface area contributed by atoms with Crippen molar-refractivity contribution >= 4 is 27.4 Å². The highest BCUT2D eigenvalue weighted by Crippen LogP contribution is 2.36. The normalized spacial score (nSPS) is 18.0. The van der Waals surface area contributed by atoms with Gasteiger partial charge < -0.3 is 10.2 Å². The van der Waals surface area contributed by atoms with Crippen LogP contribution in [0.2, 0.25) is 5.02 Å². The lowest BCUT2D eigenvalue weighted by atomic mass is 10.2. The molecule has 0 amide bonds. The predicted molar refractivity (Wildman–Crippen MR) is 106 cm³/mol. The highest BCUT2D eigenvalue weighted by atomic mass is 35.5. The van der Waals surface area contributed by atoms with Crippen LogP contribution >= 0.6 is 11.6 Å². The standard InChI is InChI=1S/C18H24ClN5O2S/c1-20-12-14-11-17(23(2)3)22-18(21-14)16-5-4-10-24(16)27(25,26)15-8-6-13(19)7-9-15/h6-9,11,16,20H,4-5,10,12H2,1-3H3/t16-/m0/s1. The van der Waals surface area contributed by atoms with E-state index in [2.05, 4.69) is 15.3 Å². The van der Waals surface area contributed by atoms with E-state index in [9.17, 15) is 8.42 Å². The lowest BCUT2D eigenvalue weighted by molar-refractivity contribution is 0.382. The largest absolute Gasteiger partial charge is 0.363 e. The van der Waals surface area contributed by atoms with E-state index in [4.69, 9.17) is 11.6 Å². The van der Waals surface area contributed by atoms with Gasteiger partial charge in [0.05, 0.1) is 16.6 Å². The zero-order valence-corrected chi connectivity index (χ0v) is 17.3. The van der Waals surface area contributed by atoms with Crippen LogP contribution in [0.5, 0.6) is 0 Å². The first-order valence-electron chi connectivity index (χ1n) is 8.80. The molecule has 0 spiro atoms. The lowest BCUT2D eigenvalue weighted by Gasteiger charge is -2.24. The summed E-state index contributed by atoms with van der Waals surface area (Å²) in [6, 6.07) is 7.79. The maximum Gasteiger partial charge on any atom is 0.243 e. The number of nitrogens with one attached hydrogen (secondary N) is 1. The zero-order valence-electron chi connectivity index (χ0n) is 15.7. The van der Waals surface area contributed by atoms with E-state index in [0.717, 1.165) is 17.9 Å². The van der Waals surface area contributed by atoms with Gasteiger partial charge in [-0.2, -0.15) is 4.31 Å². The second-order valence-corrected chi connectivity index (χ2v) is 9.06. The number of hydrogen-bond acceptors (Lipinski definition) is 6. The minimum atomic E-state index is -3.65. The number of rotatable bonds is 6. The molecule has 146 valence electrons. The monoisotopic (exact) mass is 409 g/mol. The lowest BCUT2D eigenvalue weighted by Crippen LogP contribution is -2.32. The van der Waals surface area contributed by atoms with Gasteiger partial charge in [-0.05, 0) is 44.2 Å². The molecule has 3 rings (SSSR count). The van der Waals surface area contributed by atoms with Crippen LogP contribution in [-0.2, 0) is 16.6 Å². The second-order valence-electron chi connectivity index (χ2n) is 6.73. The molecule has 27 heavy (non-hydrogen) atoms. The quantitative estimate of drug-likeness (QED) is 0.789. The summed E-state index contributed by atoms with van der Waals surface area (Å²) in [5, 5.41) is 3.59. The van der Waals surface area contributed by atoms with Crippen LogP contribution in [0.25, 0.3) is 0 Å². The van der Waals surface area contributed by atoms with Crippen LogP contribution in [0.3, 0.4) is 0 Å². The summed E-state index contributed by atoms with van der Waals surface area (Å²) in [7, 11) is 2.02. The van der Waals surface area contributed by atoms with Gasteiger partial charge in [-0.25, -0.2) is 18.4 Å². The van der Waals surface area contributed by atoms with E-state index in [1.165, 1.54) is 16.4 Å². The first-order valence-corrected chi connectivity index (χ1v) is 10.6. The zero-order chi connectivity index (χ0) is 19.6. The van der Waals surface area contributed by atoms with Gasteiger partial charge in [0.1, 0.15) is 11.6 Å². The number of sulfonamides is 1. The third kappa shape index (κ3) is 4.24. The SMILES string of the molecule is CNCc1cc(N(C)C)nc([C@@H]2CCCN2S(=O)(=O)c2ccc(Cl)cc2)n1. The molecule has 0 saturated carbocycles. The molecule has 0 radical (unpaired) electrons. The van der Waals surface area contributed by atoms with E-state index in [1.54, 1.807) is 12.1 Å². The summed E-state index contributed by atoms with van der Waals surface area (Å²) in [5.41, 5.74) is 0.835. The van der Waals surface area contributed by atoms with Gasteiger partial charge in [0.2, 0.25) is 10.0 Å². The van der Waals surface area contributed by atoms with E-state index in [-0.39, 0.29) is 10.9 Å². The van der Waals surface area contributed by atoms with Crippen LogP contribution < -0.4 is 10.2 Å². The van der Waals surface area contributed by atoms with Crippen molar-refractivity contribution < 1.29 is 8.42 Å². The number of benzene rings is 1. The van der Waals surface area contributed by atoms with Crippen molar-refractivity contribution in [3.63, 3.8) is 0 Å². The molecule has 1 N–H and O–H groups in total. The Labute approximate surface area is 165 Å². The number of anilines is 1. The number of hydrogen-bond donors (Lipinski definition) is 1. The Kier molecular flexibility index (Phi) is 6.00. The van der Waals surface area contributed by atoms with E-state index < -0.39 is 10.0 Å². The topological polar surface area (TPSA) is 78.4 Å². The van der Waals surface area contributed by atoms with E-state index in [0.29, 0.717) is 30.4 Å². The maximum atomic E-state index is 13.2. The molecule has 1 atom stereocenters. The van der Waals surface area contributed by atoms with Crippen molar-refractivity contribution in [2.75, 3.05) is 32.6 Å². The van der Waals surface area contributed by atoms with Crippen LogP contribution in [0.15, 0.2) is 35.2 Å². The third-order valence-corrected chi connectivity index (χ3v) is 6.70. The van der Waals surface area contributed by atoms with Crippen LogP contribution in [-0.4, -0.2) is 50.4 Å². The molecule has 0 bridgehead atoms.